The van der Waals surface area contributed by atoms with E-state index in [9.17, 15) is 9.59 Å². The maximum Gasteiger partial charge on any atom is 0.289 e. The molecule has 1 aliphatic heterocycles. The molecular formula is C22H23N5O2. The van der Waals surface area contributed by atoms with Crippen molar-refractivity contribution in [3.63, 3.8) is 0 Å². The van der Waals surface area contributed by atoms with E-state index in [0.717, 1.165) is 42.5 Å². The predicted octanol–water partition coefficient (Wildman–Crippen LogP) is 2.29. The first-order valence-electron chi connectivity index (χ1n) is 10.0. The summed E-state index contributed by atoms with van der Waals surface area (Å²) in [5.41, 5.74) is 2.51. The van der Waals surface area contributed by atoms with Crippen molar-refractivity contribution < 1.29 is 4.79 Å². The second kappa shape index (κ2) is 6.69. The molecule has 1 fully saturated rings. The van der Waals surface area contributed by atoms with Gasteiger partial charge >= 0.3 is 0 Å². The third kappa shape index (κ3) is 2.88. The molecule has 7 nitrogen and oxygen atoms in total. The topological polar surface area (TPSA) is 83.9 Å². The van der Waals surface area contributed by atoms with Crippen LogP contribution >= 0.6 is 0 Å². The molecule has 3 aromatic rings. The molecule has 2 aromatic heterocycles. The third-order valence-corrected chi connectivity index (χ3v) is 6.44. The smallest absolute Gasteiger partial charge is 0.289 e. The highest BCUT2D eigenvalue weighted by Gasteiger charge is 2.45. The summed E-state index contributed by atoms with van der Waals surface area (Å²) >= 11 is 0. The van der Waals surface area contributed by atoms with Crippen molar-refractivity contribution in [3.8, 4) is 11.4 Å². The number of likely N-dealkylation sites (tertiary alicyclic amines) is 1. The molecule has 148 valence electrons. The van der Waals surface area contributed by atoms with Crippen LogP contribution < -0.4 is 5.56 Å². The van der Waals surface area contributed by atoms with E-state index in [1.807, 2.05) is 42.3 Å². The zero-order chi connectivity index (χ0) is 20.0. The van der Waals surface area contributed by atoms with Gasteiger partial charge in [-0.3, -0.25) is 9.59 Å². The SMILES string of the molecule is Cn1ccnc1C(=O)N1CCC2(CCc3c2nc(-c2ccccc2)[nH]c3=O)CC1. The number of piperidine rings is 1. The quantitative estimate of drug-likeness (QED) is 0.729. The molecule has 0 saturated carbocycles. The number of fused-ring (bicyclic) bond motifs is 2. The number of carbonyl (C=O) groups excluding carboxylic acids is 1. The maximum atomic E-state index is 12.8. The summed E-state index contributed by atoms with van der Waals surface area (Å²) in [5.74, 6) is 1.06. The summed E-state index contributed by atoms with van der Waals surface area (Å²) in [7, 11) is 1.83. The van der Waals surface area contributed by atoms with Crippen LogP contribution in [0.4, 0.5) is 0 Å². The molecule has 5 rings (SSSR count). The Hall–Kier alpha value is -3.22. The van der Waals surface area contributed by atoms with Gasteiger partial charge < -0.3 is 14.5 Å². The lowest BCUT2D eigenvalue weighted by atomic mass is 9.76. The molecule has 3 heterocycles. The first-order valence-corrected chi connectivity index (χ1v) is 10.0. The molecule has 0 atom stereocenters. The molecule has 1 saturated heterocycles. The summed E-state index contributed by atoms with van der Waals surface area (Å²) in [5, 5.41) is 0. The van der Waals surface area contributed by atoms with E-state index in [2.05, 4.69) is 9.97 Å². The van der Waals surface area contributed by atoms with Gasteiger partial charge in [-0.05, 0) is 25.7 Å². The Morgan fingerprint density at radius 3 is 2.59 bits per heavy atom. The minimum absolute atomic E-state index is 0.0303. The highest BCUT2D eigenvalue weighted by molar-refractivity contribution is 5.90. The van der Waals surface area contributed by atoms with E-state index >= 15 is 0 Å². The Labute approximate surface area is 168 Å². The first-order chi connectivity index (χ1) is 14.1. The van der Waals surface area contributed by atoms with Gasteiger partial charge in [-0.25, -0.2) is 9.97 Å². The van der Waals surface area contributed by atoms with Crippen molar-refractivity contribution in [2.24, 2.45) is 7.05 Å². The average Bonchev–Trinajstić information content (AvgIpc) is 3.33. The summed E-state index contributed by atoms with van der Waals surface area (Å²) < 4.78 is 1.75. The molecule has 1 amide bonds. The third-order valence-electron chi connectivity index (χ3n) is 6.44. The molecule has 29 heavy (non-hydrogen) atoms. The number of aryl methyl sites for hydroxylation is 1. The zero-order valence-corrected chi connectivity index (χ0v) is 16.4. The van der Waals surface area contributed by atoms with E-state index < -0.39 is 0 Å². The van der Waals surface area contributed by atoms with Gasteiger partial charge in [-0.1, -0.05) is 30.3 Å². The fourth-order valence-corrected chi connectivity index (χ4v) is 4.72. The van der Waals surface area contributed by atoms with Crippen LogP contribution in [0.15, 0.2) is 47.5 Å². The fraction of sp³-hybridized carbons (Fsp3) is 0.364. The molecule has 1 aliphatic carbocycles. The largest absolute Gasteiger partial charge is 0.336 e. The van der Waals surface area contributed by atoms with Gasteiger partial charge in [-0.15, -0.1) is 0 Å². The molecule has 0 unspecified atom stereocenters. The molecule has 7 heteroatoms. The van der Waals surface area contributed by atoms with Gasteiger partial charge in [0.1, 0.15) is 5.82 Å². The fourth-order valence-electron chi connectivity index (χ4n) is 4.72. The lowest BCUT2D eigenvalue weighted by molar-refractivity contribution is 0.0647. The van der Waals surface area contributed by atoms with E-state index in [0.29, 0.717) is 24.7 Å². The second-order valence-electron chi connectivity index (χ2n) is 8.04. The number of nitrogens with one attached hydrogen (secondary N) is 1. The Morgan fingerprint density at radius 2 is 1.90 bits per heavy atom. The predicted molar refractivity (Wildman–Crippen MR) is 109 cm³/mol. The second-order valence-corrected chi connectivity index (χ2v) is 8.04. The van der Waals surface area contributed by atoms with Crippen molar-refractivity contribution in [3.05, 3.63) is 70.2 Å². The van der Waals surface area contributed by atoms with Crippen molar-refractivity contribution in [2.75, 3.05) is 13.1 Å². The number of imidazole rings is 1. The lowest BCUT2D eigenvalue weighted by Crippen LogP contribution is -2.45. The van der Waals surface area contributed by atoms with Crippen LogP contribution in [0.2, 0.25) is 0 Å². The number of aromatic amines is 1. The highest BCUT2D eigenvalue weighted by atomic mass is 16.2. The number of hydrogen-bond acceptors (Lipinski definition) is 4. The van der Waals surface area contributed by atoms with Crippen molar-refractivity contribution in [2.45, 2.75) is 31.1 Å². The van der Waals surface area contributed by atoms with Crippen molar-refractivity contribution in [1.82, 2.24) is 24.4 Å². The molecule has 0 radical (unpaired) electrons. The van der Waals surface area contributed by atoms with Gasteiger partial charge in [0.2, 0.25) is 0 Å². The van der Waals surface area contributed by atoms with Gasteiger partial charge in [0.15, 0.2) is 5.82 Å². The molecule has 1 spiro atoms. The number of hydrogen-bond donors (Lipinski definition) is 1. The molecular weight excluding hydrogens is 366 g/mol. The minimum Gasteiger partial charge on any atom is -0.336 e. The summed E-state index contributed by atoms with van der Waals surface area (Å²) in [6.45, 7) is 1.31. The first kappa shape index (κ1) is 17.8. The van der Waals surface area contributed by atoms with Crippen LogP contribution in [0.1, 0.15) is 41.1 Å². The van der Waals surface area contributed by atoms with Gasteiger partial charge in [0.25, 0.3) is 11.5 Å². The average molecular weight is 389 g/mol. The summed E-state index contributed by atoms with van der Waals surface area (Å²) in [4.78, 5) is 39.5. The normalized spacial score (nSPS) is 17.5. The molecule has 0 bridgehead atoms. The van der Waals surface area contributed by atoms with Crippen LogP contribution in [-0.4, -0.2) is 43.4 Å². The summed E-state index contributed by atoms with van der Waals surface area (Å²) in [6, 6.07) is 9.76. The van der Waals surface area contributed by atoms with Crippen LogP contribution in [0.5, 0.6) is 0 Å². The molecule has 2 aliphatic rings. The standard InChI is InChI=1S/C22H23N5O2/c1-26-14-11-23-19(26)21(29)27-12-9-22(10-13-27)8-7-16-17(22)24-18(25-20(16)28)15-5-3-2-4-6-15/h2-6,11,14H,7-10,12-13H2,1H3,(H,24,25,28). The lowest BCUT2D eigenvalue weighted by Gasteiger charge is -2.39. The van der Waals surface area contributed by atoms with Crippen LogP contribution in [0.3, 0.4) is 0 Å². The van der Waals surface area contributed by atoms with Crippen LogP contribution in [0, 0.1) is 0 Å². The van der Waals surface area contributed by atoms with Crippen LogP contribution in [-0.2, 0) is 18.9 Å². The number of aromatic nitrogens is 4. The summed E-state index contributed by atoms with van der Waals surface area (Å²) in [6.07, 6.45) is 6.74. The molecule has 1 aromatic carbocycles. The zero-order valence-electron chi connectivity index (χ0n) is 16.4. The Kier molecular flexibility index (Phi) is 4.12. The number of carbonyl (C=O) groups is 1. The number of benzene rings is 1. The van der Waals surface area contributed by atoms with Gasteiger partial charge in [0, 0.05) is 49.1 Å². The Morgan fingerprint density at radius 1 is 1.14 bits per heavy atom. The Bertz CT molecular complexity index is 1120. The minimum atomic E-state index is -0.120. The van der Waals surface area contributed by atoms with E-state index in [1.54, 1.807) is 17.0 Å². The number of nitrogens with zero attached hydrogens (tertiary/aromatic N) is 4. The van der Waals surface area contributed by atoms with Gasteiger partial charge in [-0.2, -0.15) is 0 Å². The van der Waals surface area contributed by atoms with Crippen LogP contribution in [0.25, 0.3) is 11.4 Å². The van der Waals surface area contributed by atoms with E-state index in [4.69, 9.17) is 4.98 Å². The van der Waals surface area contributed by atoms with Gasteiger partial charge in [0.05, 0.1) is 5.69 Å². The Balaban J connectivity index is 1.43. The number of rotatable bonds is 2. The highest BCUT2D eigenvalue weighted by Crippen LogP contribution is 2.44. The van der Waals surface area contributed by atoms with Crippen molar-refractivity contribution in [1.29, 1.82) is 0 Å². The number of amides is 1. The number of H-pyrrole nitrogens is 1. The van der Waals surface area contributed by atoms with E-state index in [-0.39, 0.29) is 16.9 Å². The van der Waals surface area contributed by atoms with Crippen molar-refractivity contribution >= 4 is 5.91 Å². The van der Waals surface area contributed by atoms with E-state index in [1.165, 1.54) is 0 Å². The monoisotopic (exact) mass is 389 g/mol. The molecule has 1 N–H and O–H groups in total. The maximum absolute atomic E-state index is 12.8.